The van der Waals surface area contributed by atoms with Gasteiger partial charge in [-0.3, -0.25) is 0 Å². The second-order valence-corrected chi connectivity index (χ2v) is 4.92. The fourth-order valence-electron chi connectivity index (χ4n) is 1.48. The number of benzene rings is 1. The summed E-state index contributed by atoms with van der Waals surface area (Å²) in [4.78, 5) is 4.30. The van der Waals surface area contributed by atoms with Crippen LogP contribution in [0.2, 0.25) is 0 Å². The fourth-order valence-corrected chi connectivity index (χ4v) is 2.01. The molecule has 0 amide bonds. The molecule has 2 rings (SSSR count). The molecule has 0 atom stereocenters. The number of nitrogens with two attached hydrogens (primary N) is 1. The predicted octanol–water partition coefficient (Wildman–Crippen LogP) is 2.12. The van der Waals surface area contributed by atoms with Crippen LogP contribution >= 0.6 is 28.1 Å². The summed E-state index contributed by atoms with van der Waals surface area (Å²) < 4.78 is 5.85. The first-order valence-corrected chi connectivity index (χ1v) is 6.45. The predicted molar refractivity (Wildman–Crippen MR) is 76.5 cm³/mol. The van der Waals surface area contributed by atoms with Crippen molar-refractivity contribution in [2.24, 2.45) is 5.73 Å². The average Bonchev–Trinajstić information content (AvgIpc) is 2.84. The molecule has 1 aromatic carbocycles. The molecular weight excluding hydrogens is 316 g/mol. The van der Waals surface area contributed by atoms with Crippen molar-refractivity contribution in [3.8, 4) is 0 Å². The Bertz CT molecular complexity index is 544. The van der Waals surface area contributed by atoms with Gasteiger partial charge in [0.15, 0.2) is 6.33 Å². The van der Waals surface area contributed by atoms with Gasteiger partial charge in [0.05, 0.1) is 0 Å². The van der Waals surface area contributed by atoms with Crippen molar-refractivity contribution in [1.82, 2.24) is 10.1 Å². The van der Waals surface area contributed by atoms with Crippen LogP contribution in [0.3, 0.4) is 0 Å². The molecule has 2 aromatic rings. The Balaban J connectivity index is 2.02. The molecule has 1 heterocycles. The highest BCUT2D eigenvalue weighted by atomic mass is 79.9. The van der Waals surface area contributed by atoms with E-state index >= 15 is 0 Å². The largest absolute Gasteiger partial charge is 0.389 e. The summed E-state index contributed by atoms with van der Waals surface area (Å²) in [6.07, 6.45) is 2.03. The summed E-state index contributed by atoms with van der Waals surface area (Å²) >= 11 is 8.40. The Morgan fingerprint density at radius 1 is 1.50 bits per heavy atom. The van der Waals surface area contributed by atoms with Crippen molar-refractivity contribution in [1.29, 1.82) is 0 Å². The SMILES string of the molecule is NC(=S)c1cc(Br)ccc1NCCc1ncno1. The molecule has 0 aliphatic heterocycles. The van der Waals surface area contributed by atoms with Gasteiger partial charge in [0.25, 0.3) is 0 Å². The van der Waals surface area contributed by atoms with Gasteiger partial charge >= 0.3 is 0 Å². The molecule has 0 saturated heterocycles. The van der Waals surface area contributed by atoms with Crippen LogP contribution in [0.25, 0.3) is 0 Å². The number of thiocarbonyl (C=S) groups is 1. The Morgan fingerprint density at radius 2 is 2.33 bits per heavy atom. The monoisotopic (exact) mass is 326 g/mol. The van der Waals surface area contributed by atoms with E-state index in [1.165, 1.54) is 6.33 Å². The summed E-state index contributed by atoms with van der Waals surface area (Å²) in [6, 6.07) is 5.74. The molecule has 0 bridgehead atoms. The highest BCUT2D eigenvalue weighted by molar-refractivity contribution is 9.10. The molecule has 0 aliphatic rings. The lowest BCUT2D eigenvalue weighted by atomic mass is 10.1. The van der Waals surface area contributed by atoms with E-state index in [-0.39, 0.29) is 0 Å². The zero-order chi connectivity index (χ0) is 13.0. The lowest BCUT2D eigenvalue weighted by Crippen LogP contribution is -2.14. The van der Waals surface area contributed by atoms with Gasteiger partial charge in [-0.25, -0.2) is 0 Å². The molecule has 0 unspecified atom stereocenters. The van der Waals surface area contributed by atoms with E-state index in [1.54, 1.807) is 0 Å². The third-order valence-electron chi connectivity index (χ3n) is 2.31. The highest BCUT2D eigenvalue weighted by Crippen LogP contribution is 2.21. The van der Waals surface area contributed by atoms with E-state index in [0.717, 1.165) is 15.7 Å². The molecule has 0 spiro atoms. The molecule has 0 aliphatic carbocycles. The van der Waals surface area contributed by atoms with E-state index < -0.39 is 0 Å². The molecule has 18 heavy (non-hydrogen) atoms. The van der Waals surface area contributed by atoms with Crippen LogP contribution in [0.15, 0.2) is 33.5 Å². The zero-order valence-electron chi connectivity index (χ0n) is 9.39. The van der Waals surface area contributed by atoms with Gasteiger partial charge in [0.1, 0.15) is 4.99 Å². The van der Waals surface area contributed by atoms with Gasteiger partial charge in [-0.15, -0.1) is 0 Å². The Hall–Kier alpha value is -1.47. The minimum absolute atomic E-state index is 0.358. The zero-order valence-corrected chi connectivity index (χ0v) is 11.8. The fraction of sp³-hybridized carbons (Fsp3) is 0.182. The summed E-state index contributed by atoms with van der Waals surface area (Å²) in [5, 5.41) is 6.79. The Labute approximate surface area is 118 Å². The van der Waals surface area contributed by atoms with Crippen molar-refractivity contribution in [2.45, 2.75) is 6.42 Å². The van der Waals surface area contributed by atoms with Gasteiger partial charge in [-0.2, -0.15) is 4.98 Å². The van der Waals surface area contributed by atoms with Crippen LogP contribution in [-0.2, 0) is 6.42 Å². The number of hydrogen-bond donors (Lipinski definition) is 2. The third-order valence-corrected chi connectivity index (χ3v) is 3.02. The van der Waals surface area contributed by atoms with Crippen LogP contribution in [0.5, 0.6) is 0 Å². The van der Waals surface area contributed by atoms with Crippen LogP contribution in [-0.4, -0.2) is 21.7 Å². The molecule has 0 saturated carbocycles. The average molecular weight is 327 g/mol. The summed E-state index contributed by atoms with van der Waals surface area (Å²) in [5.41, 5.74) is 7.38. The van der Waals surface area contributed by atoms with Crippen molar-refractivity contribution in [3.05, 3.63) is 40.5 Å². The van der Waals surface area contributed by atoms with Crippen molar-refractivity contribution in [3.63, 3.8) is 0 Å². The number of anilines is 1. The van der Waals surface area contributed by atoms with Gasteiger partial charge in [0.2, 0.25) is 5.89 Å². The van der Waals surface area contributed by atoms with Crippen molar-refractivity contribution in [2.75, 3.05) is 11.9 Å². The Morgan fingerprint density at radius 3 is 3.00 bits per heavy atom. The smallest absolute Gasteiger partial charge is 0.228 e. The molecule has 3 N–H and O–H groups in total. The maximum atomic E-state index is 5.68. The second-order valence-electron chi connectivity index (χ2n) is 3.57. The maximum absolute atomic E-state index is 5.68. The minimum atomic E-state index is 0.358. The molecule has 7 heteroatoms. The number of aromatic nitrogens is 2. The summed E-state index contributed by atoms with van der Waals surface area (Å²) in [7, 11) is 0. The number of rotatable bonds is 5. The lowest BCUT2D eigenvalue weighted by molar-refractivity contribution is 0.380. The minimum Gasteiger partial charge on any atom is -0.389 e. The summed E-state index contributed by atoms with van der Waals surface area (Å²) in [6.45, 7) is 0.666. The first-order chi connectivity index (χ1) is 8.66. The second kappa shape index (κ2) is 5.92. The van der Waals surface area contributed by atoms with E-state index in [2.05, 4.69) is 31.4 Å². The molecular formula is C11H11BrN4OS. The highest BCUT2D eigenvalue weighted by Gasteiger charge is 2.06. The molecule has 94 valence electrons. The first kappa shape index (κ1) is 13.0. The molecule has 0 radical (unpaired) electrons. The normalized spacial score (nSPS) is 10.3. The standard InChI is InChI=1S/C11H11BrN4OS/c12-7-1-2-9(8(5-7)11(13)18)14-4-3-10-15-6-16-17-10/h1-2,5-6,14H,3-4H2,(H2,13,18). The van der Waals surface area contributed by atoms with E-state index in [4.69, 9.17) is 22.5 Å². The third kappa shape index (κ3) is 3.27. The van der Waals surface area contributed by atoms with Gasteiger partial charge in [0, 0.05) is 28.7 Å². The van der Waals surface area contributed by atoms with E-state index in [1.807, 2.05) is 18.2 Å². The summed E-state index contributed by atoms with van der Waals surface area (Å²) in [5.74, 6) is 0.594. The van der Waals surface area contributed by atoms with Gasteiger partial charge in [-0.1, -0.05) is 33.3 Å². The van der Waals surface area contributed by atoms with Gasteiger partial charge in [-0.05, 0) is 18.2 Å². The number of nitrogens with zero attached hydrogens (tertiary/aromatic N) is 2. The molecule has 1 aromatic heterocycles. The van der Waals surface area contributed by atoms with Crippen LogP contribution in [0.1, 0.15) is 11.5 Å². The first-order valence-electron chi connectivity index (χ1n) is 5.25. The van der Waals surface area contributed by atoms with Crippen LogP contribution in [0.4, 0.5) is 5.69 Å². The number of halogens is 1. The van der Waals surface area contributed by atoms with Crippen LogP contribution in [0, 0.1) is 0 Å². The number of hydrogen-bond acceptors (Lipinski definition) is 5. The molecule has 0 fully saturated rings. The maximum Gasteiger partial charge on any atom is 0.228 e. The van der Waals surface area contributed by atoms with Crippen molar-refractivity contribution >= 4 is 38.8 Å². The van der Waals surface area contributed by atoms with Gasteiger partial charge < -0.3 is 15.6 Å². The molecule has 5 nitrogen and oxygen atoms in total. The van der Waals surface area contributed by atoms with Crippen LogP contribution < -0.4 is 11.1 Å². The van der Waals surface area contributed by atoms with E-state index in [9.17, 15) is 0 Å². The Kier molecular flexibility index (Phi) is 4.27. The van der Waals surface area contributed by atoms with E-state index in [0.29, 0.717) is 23.8 Å². The lowest BCUT2D eigenvalue weighted by Gasteiger charge is -2.10. The number of nitrogens with one attached hydrogen (secondary N) is 1. The quantitative estimate of drug-likeness (QED) is 0.819. The topological polar surface area (TPSA) is 77.0 Å². The van der Waals surface area contributed by atoms with Crippen molar-refractivity contribution < 1.29 is 4.52 Å².